The van der Waals surface area contributed by atoms with Crippen LogP contribution in [0.25, 0.3) is 0 Å². The highest BCUT2D eigenvalue weighted by atomic mass is 19.1. The van der Waals surface area contributed by atoms with E-state index in [2.05, 4.69) is 127 Å². The third-order valence-electron chi connectivity index (χ3n) is 6.75. The summed E-state index contributed by atoms with van der Waals surface area (Å²) in [4.78, 5) is 12.9. The van der Waals surface area contributed by atoms with E-state index in [1.54, 1.807) is 6.20 Å². The van der Waals surface area contributed by atoms with Crippen LogP contribution >= 0.6 is 0 Å². The maximum Gasteiger partial charge on any atom is 0.145 e. The van der Waals surface area contributed by atoms with Gasteiger partial charge in [0.15, 0.2) is 0 Å². The number of hydrogen-bond acceptors (Lipinski definition) is 4. The van der Waals surface area contributed by atoms with Gasteiger partial charge in [0.05, 0.1) is 11.4 Å². The second-order valence-electron chi connectivity index (χ2n) is 16.1. The van der Waals surface area contributed by atoms with Gasteiger partial charge in [0.2, 0.25) is 0 Å². The Balaban J connectivity index is 0.000000300. The van der Waals surface area contributed by atoms with E-state index in [1.807, 2.05) is 58.6 Å². The Kier molecular flexibility index (Phi) is 13.8. The van der Waals surface area contributed by atoms with Gasteiger partial charge in [-0.3, -0.25) is 19.6 Å². The summed E-state index contributed by atoms with van der Waals surface area (Å²) >= 11 is 0. The van der Waals surface area contributed by atoms with Crippen LogP contribution in [0, 0.1) is 33.5 Å². The van der Waals surface area contributed by atoms with Crippen molar-refractivity contribution in [1.82, 2.24) is 24.7 Å². The second kappa shape index (κ2) is 15.7. The first kappa shape index (κ1) is 39.6. The van der Waals surface area contributed by atoms with Crippen LogP contribution in [-0.2, 0) is 28.7 Å². The number of halogens is 1. The minimum Gasteiger partial charge on any atom is -0.275 e. The molecule has 4 heterocycles. The molecule has 4 aromatic rings. The second-order valence-corrected chi connectivity index (χ2v) is 16.1. The van der Waals surface area contributed by atoms with Crippen molar-refractivity contribution in [1.29, 1.82) is 0 Å². The van der Waals surface area contributed by atoms with Crippen LogP contribution < -0.4 is 0 Å². The Labute approximate surface area is 274 Å². The first-order valence-electron chi connectivity index (χ1n) is 15.8. The van der Waals surface area contributed by atoms with E-state index in [4.69, 9.17) is 0 Å². The molecular formula is C39H60FN5. The van der Waals surface area contributed by atoms with Crippen LogP contribution in [0.5, 0.6) is 0 Å². The molecule has 0 aliphatic heterocycles. The predicted octanol–water partition coefficient (Wildman–Crippen LogP) is 10.2. The highest BCUT2D eigenvalue weighted by Crippen LogP contribution is 2.24. The van der Waals surface area contributed by atoms with Crippen molar-refractivity contribution in [2.75, 3.05) is 0 Å². The highest BCUT2D eigenvalue weighted by Gasteiger charge is 2.20. The van der Waals surface area contributed by atoms with Crippen molar-refractivity contribution in [3.05, 3.63) is 106 Å². The van der Waals surface area contributed by atoms with E-state index in [0.717, 1.165) is 22.6 Å². The summed E-state index contributed by atoms with van der Waals surface area (Å²) in [6.07, 6.45) is 5.67. The molecule has 0 aliphatic carbocycles. The summed E-state index contributed by atoms with van der Waals surface area (Å²) in [6, 6.07) is 11.9. The normalized spacial score (nSPS) is 11.8. The highest BCUT2D eigenvalue weighted by molar-refractivity contribution is 5.22. The molecular weight excluding hydrogens is 557 g/mol. The molecule has 0 spiro atoms. The number of pyridine rings is 3. The van der Waals surface area contributed by atoms with E-state index in [1.165, 1.54) is 22.9 Å². The Morgan fingerprint density at radius 3 is 1.47 bits per heavy atom. The summed E-state index contributed by atoms with van der Waals surface area (Å²) in [5.41, 5.74) is 8.81. The van der Waals surface area contributed by atoms with Crippen molar-refractivity contribution in [2.45, 2.75) is 132 Å². The van der Waals surface area contributed by atoms with Gasteiger partial charge < -0.3 is 0 Å². The van der Waals surface area contributed by atoms with Crippen LogP contribution in [0.1, 0.15) is 128 Å². The van der Waals surface area contributed by atoms with Crippen molar-refractivity contribution < 1.29 is 4.39 Å². The molecule has 5 nitrogen and oxygen atoms in total. The van der Waals surface area contributed by atoms with Crippen molar-refractivity contribution >= 4 is 0 Å². The van der Waals surface area contributed by atoms with Crippen molar-refractivity contribution in [3.63, 3.8) is 0 Å². The summed E-state index contributed by atoms with van der Waals surface area (Å²) in [6.45, 7) is 33.5. The Hall–Kier alpha value is -3.41. The smallest absolute Gasteiger partial charge is 0.145 e. The molecule has 0 amide bonds. The molecule has 0 saturated carbocycles. The minimum absolute atomic E-state index is 0.172. The molecule has 45 heavy (non-hydrogen) atoms. The van der Waals surface area contributed by atoms with Gasteiger partial charge in [0.25, 0.3) is 0 Å². The van der Waals surface area contributed by atoms with Gasteiger partial charge in [-0.1, -0.05) is 95.2 Å². The first-order chi connectivity index (χ1) is 20.3. The zero-order valence-electron chi connectivity index (χ0n) is 31.3. The minimum atomic E-state index is -0.211. The molecule has 0 saturated heterocycles. The van der Waals surface area contributed by atoms with E-state index >= 15 is 0 Å². The Morgan fingerprint density at radius 1 is 0.600 bits per heavy atom. The van der Waals surface area contributed by atoms with Gasteiger partial charge in [-0.15, -0.1) is 0 Å². The van der Waals surface area contributed by atoms with E-state index < -0.39 is 0 Å². The molecule has 0 N–H and O–H groups in total. The van der Waals surface area contributed by atoms with Crippen LogP contribution in [-0.4, -0.2) is 24.7 Å². The molecule has 0 aliphatic rings. The van der Waals surface area contributed by atoms with Crippen LogP contribution in [0.3, 0.4) is 0 Å². The molecule has 0 fully saturated rings. The van der Waals surface area contributed by atoms with Crippen LogP contribution in [0.2, 0.25) is 0 Å². The average molecular weight is 618 g/mol. The lowest BCUT2D eigenvalue weighted by molar-refractivity contribution is 0.502. The average Bonchev–Trinajstić information content (AvgIpc) is 3.22. The van der Waals surface area contributed by atoms with Crippen LogP contribution in [0.15, 0.2) is 55.0 Å². The standard InChI is InChI=1S/C10H14FN.2C10H15N.C9H16N2/c1-7-5-8(11)9(12-6-7)10(2,3)4;1-8-5-6-9(11-7-8)10(2,3)4;1-8-6-5-7-9(11-8)10(2,3)4;1-7-6-11(5)10-8(7)9(2,3)4/h5-6H,1-4H3;2*5-7H,1-4H3;6H,1-5H3. The maximum atomic E-state index is 13.3. The summed E-state index contributed by atoms with van der Waals surface area (Å²) < 4.78 is 15.2. The van der Waals surface area contributed by atoms with E-state index in [0.29, 0.717) is 5.69 Å². The first-order valence-corrected chi connectivity index (χ1v) is 15.8. The third kappa shape index (κ3) is 14.1. The lowest BCUT2D eigenvalue weighted by Gasteiger charge is -2.18. The Bertz CT molecular complexity index is 1470. The van der Waals surface area contributed by atoms with Gasteiger partial charge in [-0.2, -0.15) is 5.10 Å². The van der Waals surface area contributed by atoms with Crippen molar-refractivity contribution in [2.24, 2.45) is 7.05 Å². The van der Waals surface area contributed by atoms with E-state index in [-0.39, 0.29) is 27.5 Å². The summed E-state index contributed by atoms with van der Waals surface area (Å²) in [5.74, 6) is -0.206. The van der Waals surface area contributed by atoms with Gasteiger partial charge >= 0.3 is 0 Å². The number of hydrogen-bond donors (Lipinski definition) is 0. The molecule has 0 unspecified atom stereocenters. The zero-order valence-corrected chi connectivity index (χ0v) is 31.3. The maximum absolute atomic E-state index is 13.3. The topological polar surface area (TPSA) is 56.5 Å². The summed E-state index contributed by atoms with van der Waals surface area (Å²) in [5, 5.41) is 4.40. The summed E-state index contributed by atoms with van der Waals surface area (Å²) in [7, 11) is 1.96. The number of rotatable bonds is 0. The fourth-order valence-corrected chi connectivity index (χ4v) is 4.31. The molecule has 0 radical (unpaired) electrons. The fourth-order valence-electron chi connectivity index (χ4n) is 4.31. The molecule has 6 heteroatoms. The monoisotopic (exact) mass is 617 g/mol. The van der Waals surface area contributed by atoms with Crippen molar-refractivity contribution in [3.8, 4) is 0 Å². The third-order valence-corrected chi connectivity index (χ3v) is 6.75. The largest absolute Gasteiger partial charge is 0.275 e. The number of nitrogens with zero attached hydrogens (tertiary/aromatic N) is 5. The number of aryl methyl sites for hydroxylation is 5. The Morgan fingerprint density at radius 2 is 1.13 bits per heavy atom. The fraction of sp³-hybridized carbons (Fsp3) is 0.538. The molecule has 0 aromatic carbocycles. The zero-order chi connectivity index (χ0) is 35.0. The molecule has 248 valence electrons. The molecule has 0 bridgehead atoms. The SMILES string of the molecule is Cc1ccc(C(C)(C)C)nc1.Cc1cccc(C(C)(C)C)n1.Cc1cn(C)nc1C(C)(C)C.Cc1cnc(C(C)(C)C)c(F)c1. The predicted molar refractivity (Wildman–Crippen MR) is 190 cm³/mol. The lowest BCUT2D eigenvalue weighted by atomic mass is 9.90. The molecule has 4 rings (SSSR count). The molecule has 0 atom stereocenters. The quantitative estimate of drug-likeness (QED) is 0.197. The molecule has 4 aromatic heterocycles. The van der Waals surface area contributed by atoms with Crippen LogP contribution in [0.4, 0.5) is 4.39 Å². The number of aromatic nitrogens is 5. The van der Waals surface area contributed by atoms with Gasteiger partial charge in [0, 0.05) is 64.4 Å². The van der Waals surface area contributed by atoms with Gasteiger partial charge in [-0.25, -0.2) is 4.39 Å². The van der Waals surface area contributed by atoms with E-state index in [9.17, 15) is 4.39 Å². The van der Waals surface area contributed by atoms with Gasteiger partial charge in [-0.05, 0) is 68.7 Å². The van der Waals surface area contributed by atoms with Gasteiger partial charge in [0.1, 0.15) is 5.82 Å². The lowest BCUT2D eigenvalue weighted by Crippen LogP contribution is -2.15.